The normalized spacial score (nSPS) is 45.8. The van der Waals surface area contributed by atoms with Crippen molar-refractivity contribution in [3.8, 4) is 0 Å². The molecule has 1 rings (SSSR count). The van der Waals surface area contributed by atoms with E-state index in [4.69, 9.17) is 25.2 Å². The average molecular weight is 164 g/mol. The molecule has 1 heterocycles. The van der Waals surface area contributed by atoms with Gasteiger partial charge in [-0.2, -0.15) is 0 Å². The first-order valence-corrected chi connectivity index (χ1v) is 3.45. The molecule has 0 aliphatic carbocycles. The quantitative estimate of drug-likeness (QED) is 0.353. The molecule has 0 amide bonds. The maximum absolute atomic E-state index is 9.11. The van der Waals surface area contributed by atoms with E-state index in [0.29, 0.717) is 0 Å². The second kappa shape index (κ2) is 3.46. The molecular formula is C6H12O5. The molecule has 1 unspecified atom stereocenters. The highest BCUT2D eigenvalue weighted by molar-refractivity contribution is 4.81. The van der Waals surface area contributed by atoms with E-state index in [1.165, 1.54) is 0 Å². The van der Waals surface area contributed by atoms with Crippen LogP contribution in [-0.2, 0) is 4.74 Å². The fraction of sp³-hybridized carbons (Fsp3) is 1.00. The minimum Gasteiger partial charge on any atom is -0.394 e. The minimum absolute atomic E-state index is 0.0162. The second-order valence-corrected chi connectivity index (χ2v) is 2.61. The molecule has 5 nitrogen and oxygen atoms in total. The van der Waals surface area contributed by atoms with E-state index < -0.39 is 31.2 Å². The monoisotopic (exact) mass is 164 g/mol. The third-order valence-corrected chi connectivity index (χ3v) is 1.73. The van der Waals surface area contributed by atoms with E-state index >= 15 is 0 Å². The van der Waals surface area contributed by atoms with Crippen molar-refractivity contribution in [1.29, 1.82) is 0 Å². The third kappa shape index (κ3) is 1.88. The Morgan fingerprint density at radius 3 is 2.45 bits per heavy atom. The predicted molar refractivity (Wildman–Crippen MR) is 34.6 cm³/mol. The Morgan fingerprint density at radius 2 is 1.91 bits per heavy atom. The Morgan fingerprint density at radius 1 is 1.27 bits per heavy atom. The Kier molecular flexibility index (Phi) is 2.80. The summed E-state index contributed by atoms with van der Waals surface area (Å²) in [7, 11) is 0. The van der Waals surface area contributed by atoms with Gasteiger partial charge in [-0.25, -0.2) is 0 Å². The molecule has 4 N–H and O–H groups in total. The summed E-state index contributed by atoms with van der Waals surface area (Å²) in [5.41, 5.74) is 0. The summed E-state index contributed by atoms with van der Waals surface area (Å²) in [5.74, 6) is 0. The number of aliphatic hydroxyl groups is 4. The van der Waals surface area contributed by atoms with E-state index in [2.05, 4.69) is 0 Å². The van der Waals surface area contributed by atoms with Gasteiger partial charge in [-0.3, -0.25) is 0 Å². The predicted octanol–water partition coefficient (Wildman–Crippen LogP) is -2.19. The fourth-order valence-corrected chi connectivity index (χ4v) is 1.08. The third-order valence-electron chi connectivity index (χ3n) is 1.73. The Hall–Kier alpha value is -0.200. The summed E-state index contributed by atoms with van der Waals surface area (Å²) in [6, 6.07) is 0. The summed E-state index contributed by atoms with van der Waals surface area (Å²) in [4.78, 5) is 0. The van der Waals surface area contributed by atoms with Gasteiger partial charge in [-0.1, -0.05) is 0 Å². The SMILES string of the molecule is OC[C@H]1O[C@H](O)CC(O)[C@@H]1O. The molecule has 0 spiro atoms. The molecule has 4 atom stereocenters. The van der Waals surface area contributed by atoms with Crippen molar-refractivity contribution in [2.24, 2.45) is 0 Å². The van der Waals surface area contributed by atoms with Gasteiger partial charge in [-0.05, 0) is 0 Å². The minimum atomic E-state index is -1.11. The van der Waals surface area contributed by atoms with E-state index in [-0.39, 0.29) is 6.42 Å². The molecule has 1 fully saturated rings. The zero-order chi connectivity index (χ0) is 8.43. The molecule has 0 bridgehead atoms. The highest BCUT2D eigenvalue weighted by atomic mass is 16.6. The van der Waals surface area contributed by atoms with Crippen molar-refractivity contribution in [2.45, 2.75) is 31.0 Å². The molecule has 0 radical (unpaired) electrons. The molecule has 0 aromatic heterocycles. The van der Waals surface area contributed by atoms with Crippen LogP contribution in [0.3, 0.4) is 0 Å². The molecular weight excluding hydrogens is 152 g/mol. The summed E-state index contributed by atoms with van der Waals surface area (Å²) in [6.45, 7) is -0.407. The largest absolute Gasteiger partial charge is 0.394 e. The Labute approximate surface area is 63.8 Å². The first-order chi connectivity index (χ1) is 5.15. The van der Waals surface area contributed by atoms with Gasteiger partial charge >= 0.3 is 0 Å². The van der Waals surface area contributed by atoms with Crippen molar-refractivity contribution in [1.82, 2.24) is 0 Å². The van der Waals surface area contributed by atoms with E-state index in [0.717, 1.165) is 0 Å². The molecule has 5 heteroatoms. The molecule has 1 aliphatic rings. The summed E-state index contributed by atoms with van der Waals surface area (Å²) in [6.07, 6.45) is -4.11. The van der Waals surface area contributed by atoms with Crippen molar-refractivity contribution >= 4 is 0 Å². The zero-order valence-electron chi connectivity index (χ0n) is 5.92. The van der Waals surface area contributed by atoms with Crippen molar-refractivity contribution < 1.29 is 25.2 Å². The zero-order valence-corrected chi connectivity index (χ0v) is 5.92. The molecule has 66 valence electrons. The van der Waals surface area contributed by atoms with Crippen LogP contribution in [-0.4, -0.2) is 51.6 Å². The Balaban J connectivity index is 2.51. The number of hydrogen-bond acceptors (Lipinski definition) is 5. The van der Waals surface area contributed by atoms with Crippen LogP contribution in [0.15, 0.2) is 0 Å². The molecule has 0 saturated carbocycles. The lowest BCUT2D eigenvalue weighted by Crippen LogP contribution is -2.49. The van der Waals surface area contributed by atoms with Gasteiger partial charge in [0.1, 0.15) is 12.2 Å². The van der Waals surface area contributed by atoms with Crippen molar-refractivity contribution in [3.05, 3.63) is 0 Å². The summed E-state index contributed by atoms with van der Waals surface area (Å²) >= 11 is 0. The Bertz CT molecular complexity index is 128. The topological polar surface area (TPSA) is 90.2 Å². The average Bonchev–Trinajstić information content (AvgIpc) is 1.96. The lowest BCUT2D eigenvalue weighted by Gasteiger charge is -2.33. The maximum Gasteiger partial charge on any atom is 0.157 e. The van der Waals surface area contributed by atoms with Crippen molar-refractivity contribution in [3.63, 3.8) is 0 Å². The van der Waals surface area contributed by atoms with Crippen LogP contribution in [0.1, 0.15) is 6.42 Å². The van der Waals surface area contributed by atoms with Crippen LogP contribution in [0.2, 0.25) is 0 Å². The number of rotatable bonds is 1. The van der Waals surface area contributed by atoms with Crippen LogP contribution >= 0.6 is 0 Å². The standard InChI is InChI=1S/C6H12O5/c7-2-4-6(10)3(8)1-5(9)11-4/h3-10H,1-2H2/t3?,4-,5+,6+/m1/s1. The molecule has 11 heavy (non-hydrogen) atoms. The van der Waals surface area contributed by atoms with E-state index in [1.807, 2.05) is 0 Å². The summed E-state index contributed by atoms with van der Waals surface area (Å²) in [5, 5.41) is 35.6. The van der Waals surface area contributed by atoms with Gasteiger partial charge in [0.05, 0.1) is 12.7 Å². The fourth-order valence-electron chi connectivity index (χ4n) is 1.08. The van der Waals surface area contributed by atoms with Gasteiger partial charge in [-0.15, -0.1) is 0 Å². The highest BCUT2D eigenvalue weighted by Crippen LogP contribution is 2.18. The van der Waals surface area contributed by atoms with Gasteiger partial charge in [0.25, 0.3) is 0 Å². The molecule has 0 aromatic carbocycles. The highest BCUT2D eigenvalue weighted by Gasteiger charge is 2.35. The number of hydrogen-bond donors (Lipinski definition) is 4. The van der Waals surface area contributed by atoms with Gasteiger partial charge < -0.3 is 25.2 Å². The lowest BCUT2D eigenvalue weighted by molar-refractivity contribution is -0.239. The maximum atomic E-state index is 9.11. The first kappa shape index (κ1) is 8.89. The van der Waals surface area contributed by atoms with Crippen LogP contribution < -0.4 is 0 Å². The van der Waals surface area contributed by atoms with E-state index in [9.17, 15) is 0 Å². The van der Waals surface area contributed by atoms with Crippen LogP contribution in [0.25, 0.3) is 0 Å². The van der Waals surface area contributed by atoms with Crippen LogP contribution in [0.4, 0.5) is 0 Å². The number of ether oxygens (including phenoxy) is 1. The van der Waals surface area contributed by atoms with Crippen LogP contribution in [0.5, 0.6) is 0 Å². The van der Waals surface area contributed by atoms with Gasteiger partial charge in [0.2, 0.25) is 0 Å². The number of aliphatic hydroxyl groups excluding tert-OH is 4. The van der Waals surface area contributed by atoms with Gasteiger partial charge in [0.15, 0.2) is 6.29 Å². The molecule has 0 aromatic rings. The lowest BCUT2D eigenvalue weighted by atomic mass is 10.0. The summed E-state index contributed by atoms with van der Waals surface area (Å²) < 4.78 is 4.71. The van der Waals surface area contributed by atoms with E-state index in [1.54, 1.807) is 0 Å². The molecule has 1 saturated heterocycles. The first-order valence-electron chi connectivity index (χ1n) is 3.45. The van der Waals surface area contributed by atoms with Crippen LogP contribution in [0, 0.1) is 0 Å². The van der Waals surface area contributed by atoms with Gasteiger partial charge in [0, 0.05) is 6.42 Å². The van der Waals surface area contributed by atoms with Crippen molar-refractivity contribution in [2.75, 3.05) is 6.61 Å². The smallest absolute Gasteiger partial charge is 0.157 e. The molecule has 1 aliphatic heterocycles. The second-order valence-electron chi connectivity index (χ2n) is 2.61.